The van der Waals surface area contributed by atoms with Gasteiger partial charge in [-0.15, -0.1) is 0 Å². The van der Waals surface area contributed by atoms with E-state index in [4.69, 9.17) is 0 Å². The Labute approximate surface area is 78.2 Å². The molecule has 5 heteroatoms. The number of amides is 1. The highest BCUT2D eigenvalue weighted by Crippen LogP contribution is 2.10. The minimum Gasteiger partial charge on any atom is -0.271 e. The average molecular weight is 205 g/mol. The third kappa shape index (κ3) is 3.88. The Morgan fingerprint density at radius 1 is 1.50 bits per heavy atom. The first kappa shape index (κ1) is 11.7. The molecule has 0 aromatic carbocycles. The number of carbonyl (C=O) groups is 1. The molecule has 1 amide bonds. The molecule has 1 N–H and O–H groups in total. The molecule has 0 heterocycles. The van der Waals surface area contributed by atoms with E-state index in [0.29, 0.717) is 11.3 Å². The number of rotatable bonds is 4. The summed E-state index contributed by atoms with van der Waals surface area (Å²) in [5, 5.41) is 2.22. The van der Waals surface area contributed by atoms with Crippen LogP contribution in [0.4, 0.5) is 0 Å². The quantitative estimate of drug-likeness (QED) is 0.564. The lowest BCUT2D eigenvalue weighted by molar-refractivity contribution is -0.115. The van der Waals surface area contributed by atoms with Crippen molar-refractivity contribution in [1.29, 1.82) is 0 Å². The van der Waals surface area contributed by atoms with Crippen LogP contribution in [0, 0.1) is 0 Å². The number of allylic oxidation sites excluding steroid dienone is 1. The molecular weight excluding hydrogens is 193 g/mol. The van der Waals surface area contributed by atoms with Gasteiger partial charge in [-0.05, 0) is 20.1 Å². The topological polar surface area (TPSA) is 46.2 Å². The lowest BCUT2D eigenvalue weighted by Gasteiger charge is -2.04. The summed E-state index contributed by atoms with van der Waals surface area (Å²) in [6, 6.07) is 0. The SMILES string of the molecule is CSCC(C(=O)NP=O)=C(C)C. The van der Waals surface area contributed by atoms with Gasteiger partial charge in [-0.2, -0.15) is 11.8 Å². The number of nitrogens with one attached hydrogen (secondary N) is 1. The summed E-state index contributed by atoms with van der Waals surface area (Å²) in [4.78, 5) is 11.2. The molecule has 68 valence electrons. The third-order valence-electron chi connectivity index (χ3n) is 1.31. The summed E-state index contributed by atoms with van der Waals surface area (Å²) >= 11 is 1.57. The van der Waals surface area contributed by atoms with Crippen LogP contribution >= 0.6 is 20.4 Å². The van der Waals surface area contributed by atoms with E-state index in [9.17, 15) is 9.36 Å². The highest BCUT2D eigenvalue weighted by molar-refractivity contribution is 7.98. The Bertz CT molecular complexity index is 211. The number of hydrogen-bond donors (Lipinski definition) is 1. The van der Waals surface area contributed by atoms with Crippen LogP contribution in [0.3, 0.4) is 0 Å². The Morgan fingerprint density at radius 2 is 2.08 bits per heavy atom. The van der Waals surface area contributed by atoms with Gasteiger partial charge >= 0.3 is 0 Å². The Kier molecular flexibility index (Phi) is 6.03. The van der Waals surface area contributed by atoms with Crippen molar-refractivity contribution in [3.05, 3.63) is 11.1 Å². The van der Waals surface area contributed by atoms with Crippen LogP contribution < -0.4 is 5.09 Å². The molecule has 0 aliphatic heterocycles. The van der Waals surface area contributed by atoms with Crippen molar-refractivity contribution in [3.63, 3.8) is 0 Å². The summed E-state index contributed by atoms with van der Waals surface area (Å²) in [6.07, 6.45) is 1.92. The fourth-order valence-electron chi connectivity index (χ4n) is 0.690. The van der Waals surface area contributed by atoms with E-state index >= 15 is 0 Å². The van der Waals surface area contributed by atoms with Gasteiger partial charge in [0.05, 0.1) is 0 Å². The van der Waals surface area contributed by atoms with Crippen molar-refractivity contribution in [2.24, 2.45) is 0 Å². The molecule has 12 heavy (non-hydrogen) atoms. The van der Waals surface area contributed by atoms with Gasteiger partial charge < -0.3 is 0 Å². The first-order valence-electron chi connectivity index (χ1n) is 3.41. The second-order valence-corrected chi connectivity index (χ2v) is 3.72. The second kappa shape index (κ2) is 6.21. The van der Waals surface area contributed by atoms with E-state index in [1.165, 1.54) is 0 Å². The van der Waals surface area contributed by atoms with Crippen molar-refractivity contribution in [2.45, 2.75) is 13.8 Å². The van der Waals surface area contributed by atoms with E-state index < -0.39 is 0 Å². The molecule has 0 atom stereocenters. The molecule has 0 spiro atoms. The molecule has 0 aromatic heterocycles. The maximum atomic E-state index is 11.2. The van der Waals surface area contributed by atoms with Gasteiger partial charge in [0.2, 0.25) is 0 Å². The molecule has 0 aromatic rings. The lowest BCUT2D eigenvalue weighted by Crippen LogP contribution is -2.17. The first-order chi connectivity index (χ1) is 5.63. The van der Waals surface area contributed by atoms with E-state index in [1.807, 2.05) is 20.1 Å². The molecule has 0 radical (unpaired) electrons. The molecule has 0 unspecified atom stereocenters. The summed E-state index contributed by atoms with van der Waals surface area (Å²) < 4.78 is 10.1. The van der Waals surface area contributed by atoms with Crippen LogP contribution in [-0.2, 0) is 9.36 Å². The number of hydrogen-bond acceptors (Lipinski definition) is 3. The van der Waals surface area contributed by atoms with Crippen molar-refractivity contribution in [3.8, 4) is 0 Å². The lowest BCUT2D eigenvalue weighted by atomic mass is 10.2. The maximum absolute atomic E-state index is 11.2. The normalized spacial score (nSPS) is 9.58. The van der Waals surface area contributed by atoms with Gasteiger partial charge in [-0.1, -0.05) is 5.57 Å². The second-order valence-electron chi connectivity index (χ2n) is 2.44. The standard InChI is InChI=1S/C7H12NO2PS/c1-5(2)6(4-12-3)7(9)8-11-10/h4H2,1-3H3,(H,8,9,10). The van der Waals surface area contributed by atoms with E-state index in [2.05, 4.69) is 5.09 Å². The third-order valence-corrected chi connectivity index (χ3v) is 2.19. The molecule has 0 aliphatic rings. The van der Waals surface area contributed by atoms with Crippen LogP contribution in [0.2, 0.25) is 0 Å². The van der Waals surface area contributed by atoms with Crippen LogP contribution in [0.5, 0.6) is 0 Å². The Morgan fingerprint density at radius 3 is 2.42 bits per heavy atom. The smallest absolute Gasteiger partial charge is 0.271 e. The molecule has 0 saturated carbocycles. The molecule has 0 fully saturated rings. The fraction of sp³-hybridized carbons (Fsp3) is 0.571. The Hall–Kier alpha value is -0.340. The highest BCUT2D eigenvalue weighted by atomic mass is 32.2. The minimum atomic E-state index is -0.338. The molecule has 0 bridgehead atoms. The maximum Gasteiger partial charge on any atom is 0.281 e. The number of thioether (sulfide) groups is 1. The molecule has 0 saturated heterocycles. The van der Waals surface area contributed by atoms with Gasteiger partial charge in [-0.25, -0.2) is 4.57 Å². The molecule has 0 rings (SSSR count). The van der Waals surface area contributed by atoms with Gasteiger partial charge in [-0.3, -0.25) is 9.88 Å². The van der Waals surface area contributed by atoms with Crippen LogP contribution in [0.25, 0.3) is 0 Å². The van der Waals surface area contributed by atoms with Crippen LogP contribution in [-0.4, -0.2) is 17.9 Å². The zero-order chi connectivity index (χ0) is 9.56. The minimum absolute atomic E-state index is 0.249. The molecule has 3 nitrogen and oxygen atoms in total. The first-order valence-corrected chi connectivity index (χ1v) is 5.62. The molecule has 0 aliphatic carbocycles. The predicted octanol–water partition coefficient (Wildman–Crippen LogP) is 2.01. The zero-order valence-corrected chi connectivity index (χ0v) is 9.09. The summed E-state index contributed by atoms with van der Waals surface area (Å²) in [5.41, 5.74) is 1.66. The van der Waals surface area contributed by atoms with Gasteiger partial charge in [0.1, 0.15) is 0 Å². The van der Waals surface area contributed by atoms with Crippen molar-refractivity contribution >= 4 is 26.3 Å². The van der Waals surface area contributed by atoms with E-state index in [1.54, 1.807) is 11.8 Å². The summed E-state index contributed by atoms with van der Waals surface area (Å²) in [5.74, 6) is 0.407. The van der Waals surface area contributed by atoms with Crippen LogP contribution in [0.1, 0.15) is 13.8 Å². The highest BCUT2D eigenvalue weighted by Gasteiger charge is 2.09. The van der Waals surface area contributed by atoms with Gasteiger partial charge in [0.15, 0.2) is 0 Å². The molecular formula is C7H12NO2PS. The van der Waals surface area contributed by atoms with Gasteiger partial charge in [0, 0.05) is 11.3 Å². The van der Waals surface area contributed by atoms with Crippen molar-refractivity contribution in [1.82, 2.24) is 5.09 Å². The van der Waals surface area contributed by atoms with E-state index in [0.717, 1.165) is 5.57 Å². The fourth-order valence-corrected chi connectivity index (χ4v) is 1.62. The monoisotopic (exact) mass is 205 g/mol. The summed E-state index contributed by atoms with van der Waals surface area (Å²) in [6.45, 7) is 3.74. The van der Waals surface area contributed by atoms with Crippen LogP contribution in [0.15, 0.2) is 11.1 Å². The average Bonchev–Trinajstić information content (AvgIpc) is 1.99. The largest absolute Gasteiger partial charge is 0.281 e. The van der Waals surface area contributed by atoms with Crippen molar-refractivity contribution in [2.75, 3.05) is 12.0 Å². The summed E-state index contributed by atoms with van der Waals surface area (Å²) in [7, 11) is -0.338. The zero-order valence-electron chi connectivity index (χ0n) is 7.38. The van der Waals surface area contributed by atoms with E-state index in [-0.39, 0.29) is 14.5 Å². The van der Waals surface area contributed by atoms with Crippen molar-refractivity contribution < 1.29 is 9.36 Å². The number of carbonyl (C=O) groups excluding carboxylic acids is 1. The predicted molar refractivity (Wildman–Crippen MR) is 52.5 cm³/mol. The Balaban J connectivity index is 4.41. The van der Waals surface area contributed by atoms with Gasteiger partial charge in [0.25, 0.3) is 14.5 Å².